The molecule has 0 saturated heterocycles. The summed E-state index contributed by atoms with van der Waals surface area (Å²) in [4.78, 5) is 0. The number of nitrogens with zero attached hydrogens (tertiary/aromatic N) is 2. The zero-order valence-corrected chi connectivity index (χ0v) is 11.8. The van der Waals surface area contributed by atoms with Gasteiger partial charge in [0.2, 0.25) is 0 Å². The number of hydrogen-bond donors (Lipinski definition) is 1. The van der Waals surface area contributed by atoms with E-state index >= 15 is 0 Å². The average molecular weight is 259 g/mol. The van der Waals surface area contributed by atoms with Crippen LogP contribution in [0.2, 0.25) is 0 Å². The first kappa shape index (κ1) is 13.6. The number of methoxy groups -OCH3 is 1. The van der Waals surface area contributed by atoms with Crippen LogP contribution in [0.3, 0.4) is 0 Å². The minimum atomic E-state index is 0.383. The van der Waals surface area contributed by atoms with Crippen molar-refractivity contribution in [3.8, 4) is 11.4 Å². The number of hydrogen-bond acceptors (Lipinski definition) is 3. The Hall–Kier alpha value is -1.81. The summed E-state index contributed by atoms with van der Waals surface area (Å²) in [5.74, 6) is 1.21. The van der Waals surface area contributed by atoms with Crippen LogP contribution in [0, 0.1) is 0 Å². The predicted octanol–water partition coefficient (Wildman–Crippen LogP) is 2.51. The molecule has 0 fully saturated rings. The van der Waals surface area contributed by atoms with Crippen molar-refractivity contribution in [1.29, 1.82) is 0 Å². The lowest BCUT2D eigenvalue weighted by atomic mass is 10.0. The Bertz CT molecular complexity index is 546. The second-order valence-corrected chi connectivity index (χ2v) is 4.83. The van der Waals surface area contributed by atoms with Gasteiger partial charge in [-0.25, -0.2) is 4.68 Å². The number of ether oxygens (including phenoxy) is 1. The highest BCUT2D eigenvalue weighted by atomic mass is 16.5. The molecule has 4 nitrogen and oxygen atoms in total. The molecule has 0 saturated carbocycles. The van der Waals surface area contributed by atoms with Gasteiger partial charge in [-0.05, 0) is 36.6 Å². The molecule has 0 spiro atoms. The van der Waals surface area contributed by atoms with Crippen molar-refractivity contribution in [2.75, 3.05) is 13.7 Å². The van der Waals surface area contributed by atoms with Crippen LogP contribution in [0.5, 0.6) is 5.75 Å². The van der Waals surface area contributed by atoms with Crippen LogP contribution in [0.1, 0.15) is 31.0 Å². The van der Waals surface area contributed by atoms with Gasteiger partial charge in [-0.1, -0.05) is 26.0 Å². The molecule has 1 aromatic carbocycles. The van der Waals surface area contributed by atoms with E-state index in [1.165, 1.54) is 11.3 Å². The molecule has 0 aliphatic rings. The molecule has 0 bridgehead atoms. The Morgan fingerprint density at radius 1 is 1.32 bits per heavy atom. The predicted molar refractivity (Wildman–Crippen MR) is 77.0 cm³/mol. The van der Waals surface area contributed by atoms with E-state index in [0.717, 1.165) is 17.9 Å². The molecule has 102 valence electrons. The van der Waals surface area contributed by atoms with Crippen molar-refractivity contribution in [3.63, 3.8) is 0 Å². The first-order chi connectivity index (χ1) is 9.19. The molecular weight excluding hydrogens is 238 g/mol. The van der Waals surface area contributed by atoms with Gasteiger partial charge in [-0.2, -0.15) is 5.10 Å². The standard InChI is InChI=1S/C15H21N3O/c1-11(2)15-12(8-9-16)10-17-18(15)13-6-4-5-7-14(13)19-3/h4-7,10-11H,8-9,16H2,1-3H3. The van der Waals surface area contributed by atoms with Crippen LogP contribution in [-0.4, -0.2) is 23.4 Å². The van der Waals surface area contributed by atoms with Crippen LogP contribution in [0.25, 0.3) is 5.69 Å². The smallest absolute Gasteiger partial charge is 0.144 e. The third-order valence-corrected chi connectivity index (χ3v) is 3.16. The lowest BCUT2D eigenvalue weighted by molar-refractivity contribution is 0.411. The van der Waals surface area contributed by atoms with Crippen LogP contribution in [0.4, 0.5) is 0 Å². The maximum atomic E-state index is 5.67. The van der Waals surface area contributed by atoms with E-state index in [9.17, 15) is 0 Å². The fourth-order valence-electron chi connectivity index (χ4n) is 2.35. The van der Waals surface area contributed by atoms with Gasteiger partial charge < -0.3 is 10.5 Å². The van der Waals surface area contributed by atoms with E-state index in [0.29, 0.717) is 12.5 Å². The molecule has 2 N–H and O–H groups in total. The molecule has 0 unspecified atom stereocenters. The molecule has 0 atom stereocenters. The fraction of sp³-hybridized carbons (Fsp3) is 0.400. The van der Waals surface area contributed by atoms with Crippen molar-refractivity contribution in [2.24, 2.45) is 5.73 Å². The van der Waals surface area contributed by atoms with Crippen molar-refractivity contribution in [2.45, 2.75) is 26.2 Å². The Morgan fingerprint density at radius 3 is 2.68 bits per heavy atom. The Balaban J connectivity index is 2.55. The lowest BCUT2D eigenvalue weighted by Crippen LogP contribution is -2.09. The number of rotatable bonds is 5. The van der Waals surface area contributed by atoms with Gasteiger partial charge >= 0.3 is 0 Å². The van der Waals surface area contributed by atoms with Gasteiger partial charge in [0.05, 0.1) is 19.0 Å². The molecule has 1 heterocycles. The molecule has 1 aromatic heterocycles. The molecule has 0 radical (unpaired) electrons. The maximum Gasteiger partial charge on any atom is 0.144 e. The largest absolute Gasteiger partial charge is 0.494 e. The summed E-state index contributed by atoms with van der Waals surface area (Å²) in [5, 5.41) is 4.52. The number of para-hydroxylation sites is 2. The zero-order valence-electron chi connectivity index (χ0n) is 11.8. The average Bonchev–Trinajstić information content (AvgIpc) is 2.83. The fourth-order valence-corrected chi connectivity index (χ4v) is 2.35. The van der Waals surface area contributed by atoms with E-state index in [1.807, 2.05) is 35.1 Å². The molecule has 2 aromatic rings. The van der Waals surface area contributed by atoms with Crippen LogP contribution >= 0.6 is 0 Å². The summed E-state index contributed by atoms with van der Waals surface area (Å²) in [5.41, 5.74) is 9.06. The Kier molecular flexibility index (Phi) is 4.22. The summed E-state index contributed by atoms with van der Waals surface area (Å²) in [6.45, 7) is 4.98. The summed E-state index contributed by atoms with van der Waals surface area (Å²) in [7, 11) is 1.68. The number of aromatic nitrogens is 2. The second kappa shape index (κ2) is 5.89. The topological polar surface area (TPSA) is 53.1 Å². The third kappa shape index (κ3) is 2.63. The molecular formula is C15H21N3O. The Labute approximate surface area is 114 Å². The van der Waals surface area contributed by atoms with Gasteiger partial charge in [0, 0.05) is 0 Å². The highest BCUT2D eigenvalue weighted by Crippen LogP contribution is 2.28. The monoisotopic (exact) mass is 259 g/mol. The third-order valence-electron chi connectivity index (χ3n) is 3.16. The summed E-state index contributed by atoms with van der Waals surface area (Å²) in [6, 6.07) is 7.92. The van der Waals surface area contributed by atoms with Gasteiger partial charge in [0.1, 0.15) is 11.4 Å². The van der Waals surface area contributed by atoms with Gasteiger partial charge in [-0.15, -0.1) is 0 Å². The van der Waals surface area contributed by atoms with Crippen molar-refractivity contribution >= 4 is 0 Å². The van der Waals surface area contributed by atoms with Crippen molar-refractivity contribution in [3.05, 3.63) is 41.7 Å². The van der Waals surface area contributed by atoms with Crippen LogP contribution < -0.4 is 10.5 Å². The van der Waals surface area contributed by atoms with Crippen molar-refractivity contribution < 1.29 is 4.74 Å². The first-order valence-electron chi connectivity index (χ1n) is 6.59. The summed E-state index contributed by atoms with van der Waals surface area (Å²) >= 11 is 0. The van der Waals surface area contributed by atoms with E-state index in [4.69, 9.17) is 10.5 Å². The molecule has 4 heteroatoms. The molecule has 19 heavy (non-hydrogen) atoms. The first-order valence-corrected chi connectivity index (χ1v) is 6.59. The SMILES string of the molecule is COc1ccccc1-n1ncc(CCN)c1C(C)C. The van der Waals surface area contributed by atoms with Crippen molar-refractivity contribution in [1.82, 2.24) is 9.78 Å². The summed E-state index contributed by atoms with van der Waals surface area (Å²) < 4.78 is 7.38. The molecule has 0 amide bonds. The molecule has 2 rings (SSSR count). The second-order valence-electron chi connectivity index (χ2n) is 4.83. The van der Waals surface area contributed by atoms with E-state index < -0.39 is 0 Å². The van der Waals surface area contributed by atoms with Crippen LogP contribution in [-0.2, 0) is 6.42 Å². The lowest BCUT2D eigenvalue weighted by Gasteiger charge is -2.15. The van der Waals surface area contributed by atoms with Gasteiger partial charge in [-0.3, -0.25) is 0 Å². The Morgan fingerprint density at radius 2 is 2.05 bits per heavy atom. The molecule has 0 aliphatic heterocycles. The van der Waals surface area contributed by atoms with E-state index in [-0.39, 0.29) is 0 Å². The summed E-state index contributed by atoms with van der Waals surface area (Å²) in [6.07, 6.45) is 2.76. The van der Waals surface area contributed by atoms with E-state index in [2.05, 4.69) is 18.9 Å². The number of nitrogens with two attached hydrogens (primary N) is 1. The van der Waals surface area contributed by atoms with E-state index in [1.54, 1.807) is 7.11 Å². The highest BCUT2D eigenvalue weighted by molar-refractivity contribution is 5.48. The maximum absolute atomic E-state index is 5.67. The van der Waals surface area contributed by atoms with Crippen LogP contribution in [0.15, 0.2) is 30.5 Å². The quantitative estimate of drug-likeness (QED) is 0.897. The molecule has 0 aliphatic carbocycles. The number of benzene rings is 1. The minimum absolute atomic E-state index is 0.383. The zero-order chi connectivity index (χ0) is 13.8. The normalized spacial score (nSPS) is 11.0. The van der Waals surface area contributed by atoms with Gasteiger partial charge in [0.25, 0.3) is 0 Å². The highest BCUT2D eigenvalue weighted by Gasteiger charge is 2.17. The minimum Gasteiger partial charge on any atom is -0.494 e. The van der Waals surface area contributed by atoms with Gasteiger partial charge in [0.15, 0.2) is 0 Å².